The summed E-state index contributed by atoms with van der Waals surface area (Å²) in [5, 5.41) is 9.41. The van der Waals surface area contributed by atoms with Crippen molar-refractivity contribution in [2.75, 3.05) is 6.61 Å². The second-order valence-electron chi connectivity index (χ2n) is 2.87. The quantitative estimate of drug-likeness (QED) is 0.494. The van der Waals surface area contributed by atoms with Crippen LogP contribution in [0.15, 0.2) is 12.2 Å². The van der Waals surface area contributed by atoms with E-state index >= 15 is 0 Å². The van der Waals surface area contributed by atoms with E-state index in [9.17, 15) is 9.90 Å². The van der Waals surface area contributed by atoms with Gasteiger partial charge in [0, 0.05) is 0 Å². The smallest absolute Gasteiger partial charge is 0.311 e. The van der Waals surface area contributed by atoms with Gasteiger partial charge in [0.15, 0.2) is 0 Å². The van der Waals surface area contributed by atoms with Gasteiger partial charge in [0.2, 0.25) is 0 Å². The Labute approximate surface area is 72.0 Å². The highest BCUT2D eigenvalue weighted by atomic mass is 16.5. The fourth-order valence-corrected chi connectivity index (χ4v) is 1.30. The van der Waals surface area contributed by atoms with Crippen LogP contribution in [0.4, 0.5) is 0 Å². The average Bonchev–Trinajstić information content (AvgIpc) is 2.05. The molecule has 0 amide bonds. The lowest BCUT2D eigenvalue weighted by atomic mass is 9.91. The van der Waals surface area contributed by atoms with Crippen LogP contribution in [-0.4, -0.2) is 23.8 Å². The van der Waals surface area contributed by atoms with E-state index in [4.69, 9.17) is 4.74 Å². The van der Waals surface area contributed by atoms with Crippen LogP contribution < -0.4 is 0 Å². The van der Waals surface area contributed by atoms with Crippen molar-refractivity contribution >= 4 is 5.97 Å². The van der Waals surface area contributed by atoms with Crippen molar-refractivity contribution in [3.8, 4) is 0 Å². The van der Waals surface area contributed by atoms with Crippen molar-refractivity contribution < 1.29 is 14.6 Å². The van der Waals surface area contributed by atoms with Crippen LogP contribution >= 0.6 is 0 Å². The molecule has 1 rings (SSSR count). The van der Waals surface area contributed by atoms with Crippen molar-refractivity contribution in [2.45, 2.75) is 25.9 Å². The van der Waals surface area contributed by atoms with Crippen molar-refractivity contribution in [1.82, 2.24) is 0 Å². The lowest BCUT2D eigenvalue weighted by molar-refractivity contribution is -0.152. The maximum Gasteiger partial charge on any atom is 0.311 e. The molecule has 0 saturated carbocycles. The van der Waals surface area contributed by atoms with Crippen LogP contribution in [0.2, 0.25) is 0 Å². The largest absolute Gasteiger partial charge is 0.466 e. The summed E-state index contributed by atoms with van der Waals surface area (Å²) in [5.74, 6) is -0.635. The first-order valence-electron chi connectivity index (χ1n) is 4.25. The third-order valence-corrected chi connectivity index (χ3v) is 1.99. The molecule has 1 N–H and O–H groups in total. The van der Waals surface area contributed by atoms with Crippen LogP contribution in [0, 0.1) is 5.92 Å². The Morgan fingerprint density at radius 3 is 2.83 bits per heavy atom. The minimum absolute atomic E-state index is 0.283. The average molecular weight is 170 g/mol. The number of carbonyl (C=O) groups excluding carboxylic acids is 1. The number of rotatable bonds is 2. The van der Waals surface area contributed by atoms with Crippen molar-refractivity contribution in [3.63, 3.8) is 0 Å². The molecule has 12 heavy (non-hydrogen) atoms. The van der Waals surface area contributed by atoms with Crippen LogP contribution in [0.1, 0.15) is 19.8 Å². The first-order chi connectivity index (χ1) is 5.75. The Bertz CT molecular complexity index is 186. The lowest BCUT2D eigenvalue weighted by Gasteiger charge is -2.21. The van der Waals surface area contributed by atoms with E-state index in [2.05, 4.69) is 0 Å². The van der Waals surface area contributed by atoms with E-state index in [-0.39, 0.29) is 11.9 Å². The number of hydrogen-bond donors (Lipinski definition) is 1. The van der Waals surface area contributed by atoms with Gasteiger partial charge < -0.3 is 9.84 Å². The molecule has 3 nitrogen and oxygen atoms in total. The number of allylic oxidation sites excluding steroid dienone is 1. The maximum absolute atomic E-state index is 11.2. The van der Waals surface area contributed by atoms with Gasteiger partial charge in [-0.3, -0.25) is 4.79 Å². The van der Waals surface area contributed by atoms with E-state index in [0.717, 1.165) is 0 Å². The Morgan fingerprint density at radius 1 is 1.58 bits per heavy atom. The standard InChI is InChI=1S/C9H14O3/c1-2-12-9(11)7-5-3-4-6-8(7)10/h3-4,7-8,10H,2,5-6H2,1H3/t7-,8-/m1/s1. The van der Waals surface area contributed by atoms with Crippen LogP contribution in [0.3, 0.4) is 0 Å². The van der Waals surface area contributed by atoms with Gasteiger partial charge in [-0.15, -0.1) is 0 Å². The fourth-order valence-electron chi connectivity index (χ4n) is 1.30. The maximum atomic E-state index is 11.2. The topological polar surface area (TPSA) is 46.5 Å². The molecular weight excluding hydrogens is 156 g/mol. The van der Waals surface area contributed by atoms with Crippen molar-refractivity contribution in [1.29, 1.82) is 0 Å². The molecular formula is C9H14O3. The van der Waals surface area contributed by atoms with E-state index in [1.165, 1.54) is 0 Å². The van der Waals surface area contributed by atoms with Gasteiger partial charge in [0.05, 0.1) is 18.6 Å². The molecule has 0 heterocycles. The zero-order chi connectivity index (χ0) is 8.97. The highest BCUT2D eigenvalue weighted by Crippen LogP contribution is 2.20. The molecule has 2 atom stereocenters. The Balaban J connectivity index is 2.49. The molecule has 0 saturated heterocycles. The molecule has 0 spiro atoms. The summed E-state index contributed by atoms with van der Waals surface area (Å²) in [7, 11) is 0. The molecule has 0 aromatic heterocycles. The summed E-state index contributed by atoms with van der Waals surface area (Å²) in [5.41, 5.74) is 0. The minimum Gasteiger partial charge on any atom is -0.466 e. The number of ether oxygens (including phenoxy) is 1. The zero-order valence-electron chi connectivity index (χ0n) is 7.19. The second-order valence-corrected chi connectivity index (χ2v) is 2.87. The zero-order valence-corrected chi connectivity index (χ0v) is 7.19. The van der Waals surface area contributed by atoms with Crippen molar-refractivity contribution in [2.24, 2.45) is 5.92 Å². The van der Waals surface area contributed by atoms with Gasteiger partial charge >= 0.3 is 5.97 Å². The molecule has 1 aliphatic carbocycles. The Kier molecular flexibility index (Phi) is 3.29. The molecule has 0 bridgehead atoms. The summed E-state index contributed by atoms with van der Waals surface area (Å²) in [4.78, 5) is 11.2. The van der Waals surface area contributed by atoms with E-state index in [1.54, 1.807) is 6.92 Å². The number of aliphatic hydroxyl groups excluding tert-OH is 1. The van der Waals surface area contributed by atoms with E-state index in [1.807, 2.05) is 12.2 Å². The number of aliphatic hydroxyl groups is 1. The summed E-state index contributed by atoms with van der Waals surface area (Å²) in [6, 6.07) is 0. The predicted molar refractivity (Wildman–Crippen MR) is 44.5 cm³/mol. The SMILES string of the molecule is CCOC(=O)[C@@H]1CC=CC[C@H]1O. The number of carbonyl (C=O) groups is 1. The van der Waals surface area contributed by atoms with Gasteiger partial charge in [-0.2, -0.15) is 0 Å². The highest BCUT2D eigenvalue weighted by Gasteiger charge is 2.27. The molecule has 0 unspecified atom stereocenters. The highest BCUT2D eigenvalue weighted by molar-refractivity contribution is 5.73. The number of esters is 1. The molecule has 0 fully saturated rings. The predicted octanol–water partition coefficient (Wildman–Crippen LogP) is 0.877. The molecule has 0 aromatic carbocycles. The van der Waals surface area contributed by atoms with Crippen molar-refractivity contribution in [3.05, 3.63) is 12.2 Å². The Hall–Kier alpha value is -0.830. The monoisotopic (exact) mass is 170 g/mol. The molecule has 1 aliphatic rings. The van der Waals surface area contributed by atoms with E-state index in [0.29, 0.717) is 19.4 Å². The number of hydrogen-bond acceptors (Lipinski definition) is 3. The summed E-state index contributed by atoms with van der Waals surface area (Å²) >= 11 is 0. The van der Waals surface area contributed by atoms with Crippen LogP contribution in [-0.2, 0) is 9.53 Å². The lowest BCUT2D eigenvalue weighted by Crippen LogP contribution is -2.30. The Morgan fingerprint density at radius 2 is 2.25 bits per heavy atom. The van der Waals surface area contributed by atoms with E-state index < -0.39 is 6.10 Å². The molecule has 3 heteroatoms. The summed E-state index contributed by atoms with van der Waals surface area (Å²) in [6.45, 7) is 2.15. The normalized spacial score (nSPS) is 28.5. The van der Waals surface area contributed by atoms with Crippen LogP contribution in [0.25, 0.3) is 0 Å². The third kappa shape index (κ3) is 2.08. The van der Waals surface area contributed by atoms with Gasteiger partial charge in [-0.05, 0) is 19.8 Å². The second kappa shape index (κ2) is 4.26. The molecule has 0 aliphatic heterocycles. The summed E-state index contributed by atoms with van der Waals surface area (Å²) < 4.78 is 4.82. The molecule has 0 aromatic rings. The van der Waals surface area contributed by atoms with Crippen LogP contribution in [0.5, 0.6) is 0 Å². The van der Waals surface area contributed by atoms with Gasteiger partial charge in [0.25, 0.3) is 0 Å². The van der Waals surface area contributed by atoms with Gasteiger partial charge in [-0.1, -0.05) is 12.2 Å². The van der Waals surface area contributed by atoms with Gasteiger partial charge in [0.1, 0.15) is 0 Å². The third-order valence-electron chi connectivity index (χ3n) is 1.99. The molecule has 0 radical (unpaired) electrons. The van der Waals surface area contributed by atoms with Gasteiger partial charge in [-0.25, -0.2) is 0 Å². The first-order valence-corrected chi connectivity index (χ1v) is 4.25. The fraction of sp³-hybridized carbons (Fsp3) is 0.667. The molecule has 68 valence electrons. The first kappa shape index (κ1) is 9.26. The minimum atomic E-state index is -0.561. The summed E-state index contributed by atoms with van der Waals surface area (Å²) in [6.07, 6.45) is 4.40.